The topological polar surface area (TPSA) is 120 Å². The highest BCUT2D eigenvalue weighted by atomic mass is 16.5. The molecule has 3 aromatic rings. The van der Waals surface area contributed by atoms with Crippen molar-refractivity contribution in [3.05, 3.63) is 42.0 Å². The van der Waals surface area contributed by atoms with E-state index in [0.717, 1.165) is 28.8 Å². The molecule has 3 heterocycles. The lowest BCUT2D eigenvalue weighted by atomic mass is 10.1. The van der Waals surface area contributed by atoms with Crippen LogP contribution in [0.2, 0.25) is 0 Å². The van der Waals surface area contributed by atoms with Crippen LogP contribution in [0.1, 0.15) is 31.0 Å². The van der Waals surface area contributed by atoms with Gasteiger partial charge < -0.3 is 19.9 Å². The van der Waals surface area contributed by atoms with Gasteiger partial charge in [-0.3, -0.25) is 9.88 Å². The zero-order valence-corrected chi connectivity index (χ0v) is 16.9. The van der Waals surface area contributed by atoms with Gasteiger partial charge in [-0.15, -0.1) is 0 Å². The molecule has 2 aromatic carbocycles. The first-order valence-electron chi connectivity index (χ1n) is 10.2. The van der Waals surface area contributed by atoms with Gasteiger partial charge in [-0.2, -0.15) is 5.26 Å². The average Bonchev–Trinajstić information content (AvgIpc) is 2.96. The number of hydrogen-bond donors (Lipinski definition) is 2. The van der Waals surface area contributed by atoms with Crippen molar-refractivity contribution in [3.8, 4) is 23.3 Å². The third-order valence-corrected chi connectivity index (χ3v) is 5.16. The van der Waals surface area contributed by atoms with Gasteiger partial charge in [-0.05, 0) is 18.6 Å². The number of rotatable bonds is 5. The van der Waals surface area contributed by atoms with Crippen molar-refractivity contribution < 1.29 is 14.2 Å². The Balaban J connectivity index is 1.54. The SMILES string of the molecule is N#CCCCOc1cccc(C2N=C(N)Nc3nc4cc5c(cc4n32)OCCCO5)c1. The molecule has 9 nitrogen and oxygen atoms in total. The molecule has 3 N–H and O–H groups in total. The summed E-state index contributed by atoms with van der Waals surface area (Å²) in [7, 11) is 0. The van der Waals surface area contributed by atoms with Crippen molar-refractivity contribution in [2.24, 2.45) is 10.7 Å². The minimum Gasteiger partial charge on any atom is -0.494 e. The molecular formula is C22H22N6O3. The highest BCUT2D eigenvalue weighted by Gasteiger charge is 2.27. The largest absolute Gasteiger partial charge is 0.494 e. The Morgan fingerprint density at radius 3 is 2.90 bits per heavy atom. The van der Waals surface area contributed by atoms with Crippen molar-refractivity contribution in [1.29, 1.82) is 5.26 Å². The molecular weight excluding hydrogens is 396 g/mol. The van der Waals surface area contributed by atoms with Crippen molar-refractivity contribution in [2.75, 3.05) is 25.1 Å². The number of anilines is 1. The van der Waals surface area contributed by atoms with E-state index in [2.05, 4.69) is 16.4 Å². The fourth-order valence-corrected chi connectivity index (χ4v) is 3.75. The van der Waals surface area contributed by atoms with Crippen LogP contribution >= 0.6 is 0 Å². The summed E-state index contributed by atoms with van der Waals surface area (Å²) in [6.45, 7) is 1.71. The van der Waals surface area contributed by atoms with Crippen LogP contribution in [0.15, 0.2) is 41.4 Å². The monoisotopic (exact) mass is 418 g/mol. The quantitative estimate of drug-likeness (QED) is 0.611. The van der Waals surface area contributed by atoms with Crippen molar-refractivity contribution in [3.63, 3.8) is 0 Å². The second-order valence-corrected chi connectivity index (χ2v) is 7.34. The van der Waals surface area contributed by atoms with Crippen molar-refractivity contribution in [2.45, 2.75) is 25.4 Å². The average molecular weight is 418 g/mol. The number of imidazole rings is 1. The van der Waals surface area contributed by atoms with Crippen LogP contribution in [0.5, 0.6) is 17.2 Å². The number of hydrogen-bond acceptors (Lipinski definition) is 8. The maximum absolute atomic E-state index is 8.69. The maximum Gasteiger partial charge on any atom is 0.212 e. The maximum atomic E-state index is 8.69. The molecule has 0 bridgehead atoms. The smallest absolute Gasteiger partial charge is 0.212 e. The Hall–Kier alpha value is -3.93. The molecule has 0 saturated carbocycles. The summed E-state index contributed by atoms with van der Waals surface area (Å²) in [6.07, 6.45) is 1.58. The molecule has 1 unspecified atom stereocenters. The van der Waals surface area contributed by atoms with Crippen LogP contribution in [0.4, 0.5) is 5.95 Å². The molecule has 1 atom stereocenters. The molecule has 0 spiro atoms. The number of unbranched alkanes of at least 4 members (excludes halogenated alkanes) is 1. The summed E-state index contributed by atoms with van der Waals surface area (Å²) >= 11 is 0. The van der Waals surface area contributed by atoms with E-state index < -0.39 is 6.17 Å². The van der Waals surface area contributed by atoms with Gasteiger partial charge in [0.2, 0.25) is 5.95 Å². The van der Waals surface area contributed by atoms with Crippen LogP contribution in [0.25, 0.3) is 11.0 Å². The fourth-order valence-electron chi connectivity index (χ4n) is 3.75. The number of nitrogens with one attached hydrogen (secondary N) is 1. The van der Waals surface area contributed by atoms with Gasteiger partial charge in [0.25, 0.3) is 0 Å². The molecule has 2 aliphatic rings. The van der Waals surface area contributed by atoms with E-state index in [1.54, 1.807) is 0 Å². The van der Waals surface area contributed by atoms with E-state index in [4.69, 9.17) is 30.2 Å². The predicted octanol–water partition coefficient (Wildman–Crippen LogP) is 3.17. The summed E-state index contributed by atoms with van der Waals surface area (Å²) in [5, 5.41) is 11.7. The van der Waals surface area contributed by atoms with E-state index in [1.165, 1.54) is 0 Å². The van der Waals surface area contributed by atoms with E-state index in [-0.39, 0.29) is 0 Å². The second kappa shape index (κ2) is 8.07. The Morgan fingerprint density at radius 2 is 2.06 bits per heavy atom. The normalized spacial score (nSPS) is 17.1. The van der Waals surface area contributed by atoms with Gasteiger partial charge >= 0.3 is 0 Å². The first kappa shape index (κ1) is 19.1. The zero-order chi connectivity index (χ0) is 21.2. The van der Waals surface area contributed by atoms with Crippen LogP contribution in [0.3, 0.4) is 0 Å². The number of fused-ring (bicyclic) bond motifs is 4. The first-order valence-corrected chi connectivity index (χ1v) is 10.2. The van der Waals surface area contributed by atoms with Gasteiger partial charge in [0.1, 0.15) is 5.75 Å². The van der Waals surface area contributed by atoms with Crippen molar-refractivity contribution in [1.82, 2.24) is 9.55 Å². The Bertz CT molecular complexity index is 1200. The van der Waals surface area contributed by atoms with Crippen LogP contribution in [-0.4, -0.2) is 35.3 Å². The summed E-state index contributed by atoms with van der Waals surface area (Å²) < 4.78 is 19.5. The molecule has 5 rings (SSSR count). The molecule has 0 saturated heterocycles. The van der Waals surface area contributed by atoms with Gasteiger partial charge in [0.05, 0.1) is 36.9 Å². The predicted molar refractivity (Wildman–Crippen MR) is 116 cm³/mol. The lowest BCUT2D eigenvalue weighted by Gasteiger charge is -2.24. The number of nitrogens with two attached hydrogens (primary N) is 1. The number of nitrogens with zero attached hydrogens (tertiary/aromatic N) is 4. The summed E-state index contributed by atoms with van der Waals surface area (Å²) in [5.74, 6) is 3.01. The minimum atomic E-state index is -0.409. The molecule has 9 heteroatoms. The second-order valence-electron chi connectivity index (χ2n) is 7.34. The number of benzene rings is 2. The third-order valence-electron chi connectivity index (χ3n) is 5.16. The fraction of sp³-hybridized carbons (Fsp3) is 0.318. The van der Waals surface area contributed by atoms with Crippen LogP contribution in [-0.2, 0) is 0 Å². The zero-order valence-electron chi connectivity index (χ0n) is 16.9. The summed E-state index contributed by atoms with van der Waals surface area (Å²) in [6, 6.07) is 13.7. The third kappa shape index (κ3) is 3.68. The van der Waals surface area contributed by atoms with Gasteiger partial charge in [0.15, 0.2) is 23.6 Å². The molecule has 158 valence electrons. The lowest BCUT2D eigenvalue weighted by Crippen LogP contribution is -2.31. The van der Waals surface area contributed by atoms with Crippen molar-refractivity contribution >= 4 is 22.9 Å². The molecule has 1 aromatic heterocycles. The number of guanidine groups is 1. The number of aromatic nitrogens is 2. The van der Waals surface area contributed by atoms with E-state index in [9.17, 15) is 0 Å². The van der Waals surface area contributed by atoms with E-state index >= 15 is 0 Å². The number of ether oxygens (including phenoxy) is 3. The molecule has 0 amide bonds. The van der Waals surface area contributed by atoms with Crippen LogP contribution in [0, 0.1) is 11.3 Å². The Kier molecular flexibility index (Phi) is 4.96. The summed E-state index contributed by atoms with van der Waals surface area (Å²) in [5.41, 5.74) is 8.62. The van der Waals surface area contributed by atoms with Gasteiger partial charge in [-0.25, -0.2) is 9.98 Å². The molecule has 0 aliphatic carbocycles. The minimum absolute atomic E-state index is 0.294. The summed E-state index contributed by atoms with van der Waals surface area (Å²) in [4.78, 5) is 9.34. The first-order chi connectivity index (χ1) is 15.2. The molecule has 0 radical (unpaired) electrons. The van der Waals surface area contributed by atoms with Crippen LogP contribution < -0.4 is 25.3 Å². The highest BCUT2D eigenvalue weighted by Crippen LogP contribution is 2.39. The molecule has 0 fully saturated rings. The highest BCUT2D eigenvalue weighted by molar-refractivity contribution is 5.95. The lowest BCUT2D eigenvalue weighted by molar-refractivity contribution is 0.297. The molecule has 2 aliphatic heterocycles. The number of aliphatic imine (C=N–C) groups is 1. The molecule has 31 heavy (non-hydrogen) atoms. The Labute approximate surface area is 179 Å². The standard InChI is InChI=1S/C22H22N6O3/c23-7-1-2-8-29-15-6-3-5-14(11-15)20-26-21(24)27-22-25-16-12-18-19(13-17(16)28(20)22)31-10-4-9-30-18/h3,5-6,11-13,20H,1-2,4,8-10H2,(H3,24,25,26,27). The van der Waals surface area contributed by atoms with E-state index in [0.29, 0.717) is 56.1 Å². The van der Waals surface area contributed by atoms with Gasteiger partial charge in [0, 0.05) is 30.5 Å². The Morgan fingerprint density at radius 1 is 1.23 bits per heavy atom. The van der Waals surface area contributed by atoms with Gasteiger partial charge in [-0.1, -0.05) is 12.1 Å². The number of nitriles is 1. The van der Waals surface area contributed by atoms with E-state index in [1.807, 2.05) is 41.0 Å².